The molecule has 1 saturated carbocycles. The van der Waals surface area contributed by atoms with Crippen LogP contribution in [0.2, 0.25) is 0 Å². The van der Waals surface area contributed by atoms with Gasteiger partial charge in [0.2, 0.25) is 0 Å². The lowest BCUT2D eigenvalue weighted by Gasteiger charge is -2.29. The SMILES string of the molecule is CCN(CC)CC(C)NC1CCCCC1. The molecule has 2 nitrogen and oxygen atoms in total. The number of likely N-dealkylation sites (N-methyl/N-ethyl adjacent to an activating group) is 1. The molecular weight excluding hydrogens is 184 g/mol. The van der Waals surface area contributed by atoms with E-state index in [0.29, 0.717) is 6.04 Å². The van der Waals surface area contributed by atoms with Crippen LogP contribution >= 0.6 is 0 Å². The van der Waals surface area contributed by atoms with Gasteiger partial charge >= 0.3 is 0 Å². The number of nitrogens with one attached hydrogen (secondary N) is 1. The van der Waals surface area contributed by atoms with Crippen LogP contribution in [0.25, 0.3) is 0 Å². The van der Waals surface area contributed by atoms with E-state index in [4.69, 9.17) is 0 Å². The molecule has 2 heteroatoms. The monoisotopic (exact) mass is 212 g/mol. The van der Waals surface area contributed by atoms with Gasteiger partial charge in [-0.05, 0) is 32.9 Å². The first kappa shape index (κ1) is 13.0. The highest BCUT2D eigenvalue weighted by atomic mass is 15.1. The highest BCUT2D eigenvalue weighted by Crippen LogP contribution is 2.17. The van der Waals surface area contributed by atoms with Crippen LogP contribution in [0.4, 0.5) is 0 Å². The summed E-state index contributed by atoms with van der Waals surface area (Å²) < 4.78 is 0. The third kappa shape index (κ3) is 4.98. The maximum Gasteiger partial charge on any atom is 0.0169 e. The average Bonchev–Trinajstić information content (AvgIpc) is 2.27. The molecule has 1 aliphatic rings. The van der Waals surface area contributed by atoms with Gasteiger partial charge in [0, 0.05) is 18.6 Å². The van der Waals surface area contributed by atoms with E-state index in [9.17, 15) is 0 Å². The van der Waals surface area contributed by atoms with E-state index in [-0.39, 0.29) is 0 Å². The van der Waals surface area contributed by atoms with Crippen molar-refractivity contribution in [1.82, 2.24) is 10.2 Å². The van der Waals surface area contributed by atoms with E-state index in [1.807, 2.05) is 0 Å². The van der Waals surface area contributed by atoms with Crippen LogP contribution in [0.5, 0.6) is 0 Å². The van der Waals surface area contributed by atoms with Crippen molar-refractivity contribution in [3.05, 3.63) is 0 Å². The van der Waals surface area contributed by atoms with Crippen molar-refractivity contribution in [3.63, 3.8) is 0 Å². The molecule has 90 valence electrons. The molecule has 1 fully saturated rings. The van der Waals surface area contributed by atoms with Crippen LogP contribution < -0.4 is 5.32 Å². The van der Waals surface area contributed by atoms with E-state index in [1.165, 1.54) is 51.7 Å². The third-order valence-electron chi connectivity index (χ3n) is 3.55. The standard InChI is InChI=1S/C13H28N2/c1-4-15(5-2)11-12(3)14-13-9-7-6-8-10-13/h12-14H,4-11H2,1-3H3. The lowest BCUT2D eigenvalue weighted by Crippen LogP contribution is -2.44. The zero-order valence-corrected chi connectivity index (χ0v) is 10.8. The van der Waals surface area contributed by atoms with E-state index < -0.39 is 0 Å². The highest BCUT2D eigenvalue weighted by molar-refractivity contribution is 4.76. The molecule has 0 aliphatic heterocycles. The second-order valence-corrected chi connectivity index (χ2v) is 4.89. The second kappa shape index (κ2) is 7.24. The summed E-state index contributed by atoms with van der Waals surface area (Å²) >= 11 is 0. The van der Waals surface area contributed by atoms with Crippen molar-refractivity contribution in [3.8, 4) is 0 Å². The van der Waals surface area contributed by atoms with Gasteiger partial charge in [-0.15, -0.1) is 0 Å². The maximum atomic E-state index is 3.78. The fraction of sp³-hybridized carbons (Fsp3) is 1.00. The number of hydrogen-bond acceptors (Lipinski definition) is 2. The van der Waals surface area contributed by atoms with Gasteiger partial charge in [-0.3, -0.25) is 0 Å². The highest BCUT2D eigenvalue weighted by Gasteiger charge is 2.16. The Labute approximate surface area is 95.4 Å². The minimum atomic E-state index is 0.646. The van der Waals surface area contributed by atoms with Crippen LogP contribution in [-0.2, 0) is 0 Å². The fourth-order valence-corrected chi connectivity index (χ4v) is 2.59. The molecule has 0 spiro atoms. The Kier molecular flexibility index (Phi) is 6.26. The van der Waals surface area contributed by atoms with Gasteiger partial charge in [0.05, 0.1) is 0 Å². The van der Waals surface area contributed by atoms with Crippen molar-refractivity contribution in [1.29, 1.82) is 0 Å². The smallest absolute Gasteiger partial charge is 0.0169 e. The number of hydrogen-bond donors (Lipinski definition) is 1. The third-order valence-corrected chi connectivity index (χ3v) is 3.55. The second-order valence-electron chi connectivity index (χ2n) is 4.89. The Morgan fingerprint density at radius 1 is 1.13 bits per heavy atom. The molecule has 0 aromatic heterocycles. The van der Waals surface area contributed by atoms with Gasteiger partial charge in [0.15, 0.2) is 0 Å². The molecule has 1 unspecified atom stereocenters. The lowest BCUT2D eigenvalue weighted by molar-refractivity contribution is 0.248. The topological polar surface area (TPSA) is 15.3 Å². The Hall–Kier alpha value is -0.0800. The van der Waals surface area contributed by atoms with Gasteiger partial charge in [0.25, 0.3) is 0 Å². The van der Waals surface area contributed by atoms with Crippen LogP contribution in [0.15, 0.2) is 0 Å². The predicted molar refractivity (Wildman–Crippen MR) is 67.3 cm³/mol. The maximum absolute atomic E-state index is 3.78. The van der Waals surface area contributed by atoms with Crippen LogP contribution in [0.3, 0.4) is 0 Å². The van der Waals surface area contributed by atoms with E-state index >= 15 is 0 Å². The average molecular weight is 212 g/mol. The quantitative estimate of drug-likeness (QED) is 0.728. The summed E-state index contributed by atoms with van der Waals surface area (Å²) in [5, 5.41) is 3.78. The molecule has 1 rings (SSSR count). The first-order valence-electron chi connectivity index (χ1n) is 6.74. The fourth-order valence-electron chi connectivity index (χ4n) is 2.59. The van der Waals surface area contributed by atoms with Gasteiger partial charge in [-0.25, -0.2) is 0 Å². The number of nitrogens with zero attached hydrogens (tertiary/aromatic N) is 1. The normalized spacial score (nSPS) is 20.8. The Morgan fingerprint density at radius 2 is 1.73 bits per heavy atom. The number of rotatable bonds is 6. The first-order valence-corrected chi connectivity index (χ1v) is 6.74. The van der Waals surface area contributed by atoms with E-state index in [2.05, 4.69) is 31.0 Å². The minimum Gasteiger partial charge on any atom is -0.310 e. The van der Waals surface area contributed by atoms with Crippen molar-refractivity contribution in [2.45, 2.75) is 65.0 Å². The minimum absolute atomic E-state index is 0.646. The van der Waals surface area contributed by atoms with Gasteiger partial charge < -0.3 is 10.2 Å². The zero-order valence-electron chi connectivity index (χ0n) is 10.8. The summed E-state index contributed by atoms with van der Waals surface area (Å²) in [5.74, 6) is 0. The Morgan fingerprint density at radius 3 is 2.27 bits per heavy atom. The molecular formula is C13H28N2. The summed E-state index contributed by atoms with van der Waals surface area (Å²) in [6, 6.07) is 1.44. The summed E-state index contributed by atoms with van der Waals surface area (Å²) in [7, 11) is 0. The van der Waals surface area contributed by atoms with Crippen LogP contribution in [0.1, 0.15) is 52.9 Å². The molecule has 0 amide bonds. The summed E-state index contributed by atoms with van der Waals surface area (Å²) in [4.78, 5) is 2.50. The molecule has 1 atom stereocenters. The molecule has 1 N–H and O–H groups in total. The summed E-state index contributed by atoms with van der Waals surface area (Å²) in [6.45, 7) is 10.4. The summed E-state index contributed by atoms with van der Waals surface area (Å²) in [5.41, 5.74) is 0. The van der Waals surface area contributed by atoms with Gasteiger partial charge in [0.1, 0.15) is 0 Å². The molecule has 0 aromatic rings. The Bertz CT molecular complexity index is 149. The van der Waals surface area contributed by atoms with Gasteiger partial charge in [-0.2, -0.15) is 0 Å². The van der Waals surface area contributed by atoms with Crippen molar-refractivity contribution >= 4 is 0 Å². The Balaban J connectivity index is 2.18. The predicted octanol–water partition coefficient (Wildman–Crippen LogP) is 2.64. The molecule has 0 aromatic carbocycles. The molecule has 1 aliphatic carbocycles. The molecule has 0 radical (unpaired) electrons. The lowest BCUT2D eigenvalue weighted by atomic mass is 9.95. The molecule has 0 saturated heterocycles. The van der Waals surface area contributed by atoms with E-state index in [0.717, 1.165) is 6.04 Å². The van der Waals surface area contributed by atoms with Crippen molar-refractivity contribution < 1.29 is 0 Å². The van der Waals surface area contributed by atoms with Crippen LogP contribution in [-0.4, -0.2) is 36.6 Å². The van der Waals surface area contributed by atoms with Crippen molar-refractivity contribution in [2.75, 3.05) is 19.6 Å². The largest absolute Gasteiger partial charge is 0.310 e. The molecule has 0 heterocycles. The first-order chi connectivity index (χ1) is 7.26. The zero-order chi connectivity index (χ0) is 11.1. The van der Waals surface area contributed by atoms with Crippen molar-refractivity contribution in [2.24, 2.45) is 0 Å². The van der Waals surface area contributed by atoms with Crippen LogP contribution in [0, 0.1) is 0 Å². The van der Waals surface area contributed by atoms with Gasteiger partial charge in [-0.1, -0.05) is 33.1 Å². The summed E-state index contributed by atoms with van der Waals surface area (Å²) in [6.07, 6.45) is 7.08. The molecule has 0 bridgehead atoms. The van der Waals surface area contributed by atoms with E-state index in [1.54, 1.807) is 0 Å². The molecule has 15 heavy (non-hydrogen) atoms.